The molecule has 0 radical (unpaired) electrons. The molecule has 0 fully saturated rings. The Morgan fingerprint density at radius 1 is 1.23 bits per heavy atom. The van der Waals surface area contributed by atoms with Gasteiger partial charge in [0, 0.05) is 0 Å². The molecule has 3 nitrogen and oxygen atoms in total. The highest BCUT2D eigenvalue weighted by molar-refractivity contribution is 6.02. The summed E-state index contributed by atoms with van der Waals surface area (Å²) in [5, 5.41) is 2.58. The topological polar surface area (TPSA) is 46.2 Å². The first kappa shape index (κ1) is 7.98. The molecule has 3 heteroatoms. The van der Waals surface area contributed by atoms with Crippen molar-refractivity contribution in [1.82, 2.24) is 0 Å². The molecular formula is C10H9NO2. The van der Waals surface area contributed by atoms with Crippen molar-refractivity contribution in [2.24, 2.45) is 0 Å². The summed E-state index contributed by atoms with van der Waals surface area (Å²) in [5.41, 5.74) is 1.10. The molecule has 0 aliphatic carbocycles. The van der Waals surface area contributed by atoms with Crippen molar-refractivity contribution in [2.75, 3.05) is 5.32 Å². The Labute approximate surface area is 75.4 Å². The average molecular weight is 175 g/mol. The zero-order chi connectivity index (χ0) is 9.42. The number of nitrogens with one attached hydrogen (secondary N) is 1. The van der Waals surface area contributed by atoms with E-state index in [9.17, 15) is 9.59 Å². The Kier molecular flexibility index (Phi) is 1.65. The second kappa shape index (κ2) is 2.69. The Bertz CT molecular complexity index is 426. The van der Waals surface area contributed by atoms with Gasteiger partial charge in [-0.2, -0.15) is 0 Å². The average Bonchev–Trinajstić information content (AvgIpc) is 2.30. The summed E-state index contributed by atoms with van der Waals surface area (Å²) in [4.78, 5) is 22.6. The highest BCUT2D eigenvalue weighted by Gasteiger charge is 2.26. The molecule has 0 saturated heterocycles. The van der Waals surface area contributed by atoms with E-state index in [0.717, 1.165) is 5.56 Å². The maximum Gasteiger partial charge on any atom is 0.231 e. The van der Waals surface area contributed by atoms with E-state index in [1.54, 1.807) is 25.1 Å². The van der Waals surface area contributed by atoms with E-state index in [0.29, 0.717) is 5.69 Å². The molecule has 0 aromatic heterocycles. The maximum atomic E-state index is 11.4. The molecule has 1 aliphatic rings. The lowest BCUT2D eigenvalue weighted by Gasteiger charge is -1.94. The number of hydrogen-bond donors (Lipinski definition) is 1. The first-order valence-electron chi connectivity index (χ1n) is 4.14. The Hall–Kier alpha value is -1.64. The summed E-state index contributed by atoms with van der Waals surface area (Å²) in [7, 11) is 0. The number of hydrogen-bond acceptors (Lipinski definition) is 2. The number of amides is 1. The predicted octanol–water partition coefficient (Wildman–Crippen LogP) is 1.10. The van der Waals surface area contributed by atoms with Crippen LogP contribution in [0.3, 0.4) is 0 Å². The van der Waals surface area contributed by atoms with E-state index in [1.165, 1.54) is 6.07 Å². The quantitative estimate of drug-likeness (QED) is 0.641. The Morgan fingerprint density at radius 3 is 2.69 bits per heavy atom. The molecule has 1 heterocycles. The van der Waals surface area contributed by atoms with Gasteiger partial charge < -0.3 is 5.32 Å². The minimum Gasteiger partial charge on any atom is -0.322 e. The standard InChI is InChI=1S/C10H9NO2/c1-6-7-4-2-3-5-8(12)9(7)11-10(6)13/h2-6H,1H3,(H,11,13). The fourth-order valence-corrected chi connectivity index (χ4v) is 1.48. The van der Waals surface area contributed by atoms with Gasteiger partial charge in [-0.05, 0) is 18.6 Å². The Morgan fingerprint density at radius 2 is 1.92 bits per heavy atom. The number of carbonyl (C=O) groups excluding carboxylic acids is 1. The van der Waals surface area contributed by atoms with Crippen LogP contribution in [0.1, 0.15) is 18.4 Å². The van der Waals surface area contributed by atoms with Crippen LogP contribution in [-0.4, -0.2) is 5.91 Å². The molecule has 1 N–H and O–H groups in total. The highest BCUT2D eigenvalue weighted by atomic mass is 16.2. The van der Waals surface area contributed by atoms with Crippen LogP contribution in [0.15, 0.2) is 29.1 Å². The van der Waals surface area contributed by atoms with Gasteiger partial charge in [-0.3, -0.25) is 9.59 Å². The molecule has 13 heavy (non-hydrogen) atoms. The predicted molar refractivity (Wildman–Crippen MR) is 49.8 cm³/mol. The van der Waals surface area contributed by atoms with Crippen molar-refractivity contribution in [1.29, 1.82) is 0 Å². The second-order valence-electron chi connectivity index (χ2n) is 3.12. The van der Waals surface area contributed by atoms with Crippen molar-refractivity contribution >= 4 is 11.6 Å². The third-order valence-electron chi connectivity index (χ3n) is 2.28. The van der Waals surface area contributed by atoms with Crippen LogP contribution in [0.5, 0.6) is 0 Å². The largest absolute Gasteiger partial charge is 0.322 e. The van der Waals surface area contributed by atoms with E-state index in [2.05, 4.69) is 5.32 Å². The molecule has 2 rings (SSSR count). The third kappa shape index (κ3) is 1.13. The van der Waals surface area contributed by atoms with E-state index in [4.69, 9.17) is 0 Å². The summed E-state index contributed by atoms with van der Waals surface area (Å²) in [6.45, 7) is 1.79. The smallest absolute Gasteiger partial charge is 0.231 e. The molecule has 0 spiro atoms. The van der Waals surface area contributed by atoms with Crippen LogP contribution in [0, 0.1) is 0 Å². The van der Waals surface area contributed by atoms with Gasteiger partial charge in [0.1, 0.15) is 0 Å². The molecule has 1 unspecified atom stereocenters. The number of carbonyl (C=O) groups is 1. The van der Waals surface area contributed by atoms with Gasteiger partial charge in [-0.1, -0.05) is 18.2 Å². The molecule has 66 valence electrons. The number of anilines is 1. The maximum absolute atomic E-state index is 11.4. The van der Waals surface area contributed by atoms with Gasteiger partial charge in [0.05, 0.1) is 11.6 Å². The minimum atomic E-state index is -0.213. The SMILES string of the molecule is CC1C(=O)Nc2c1ccccc2=O. The van der Waals surface area contributed by atoms with Crippen LogP contribution < -0.4 is 10.7 Å². The fourth-order valence-electron chi connectivity index (χ4n) is 1.48. The molecular weight excluding hydrogens is 166 g/mol. The van der Waals surface area contributed by atoms with Crippen molar-refractivity contribution in [3.63, 3.8) is 0 Å². The van der Waals surface area contributed by atoms with Gasteiger partial charge in [0.15, 0.2) is 0 Å². The summed E-state index contributed by atoms with van der Waals surface area (Å²) in [6, 6.07) is 6.72. The number of fused-ring (bicyclic) bond motifs is 1. The molecule has 0 saturated carbocycles. The summed E-state index contributed by atoms with van der Waals surface area (Å²) >= 11 is 0. The van der Waals surface area contributed by atoms with Crippen LogP contribution in [-0.2, 0) is 4.79 Å². The van der Waals surface area contributed by atoms with Gasteiger partial charge in [0.25, 0.3) is 0 Å². The summed E-state index contributed by atoms with van der Waals surface area (Å²) in [6.07, 6.45) is 0. The molecule has 0 bridgehead atoms. The zero-order valence-corrected chi connectivity index (χ0v) is 7.20. The lowest BCUT2D eigenvalue weighted by atomic mass is 10.1. The number of rotatable bonds is 0. The lowest BCUT2D eigenvalue weighted by Crippen LogP contribution is -2.11. The van der Waals surface area contributed by atoms with Crippen molar-refractivity contribution in [3.8, 4) is 0 Å². The normalized spacial score (nSPS) is 19.5. The van der Waals surface area contributed by atoms with Crippen molar-refractivity contribution in [2.45, 2.75) is 12.8 Å². The van der Waals surface area contributed by atoms with Crippen molar-refractivity contribution < 1.29 is 4.79 Å². The lowest BCUT2D eigenvalue weighted by molar-refractivity contribution is -0.116. The zero-order valence-electron chi connectivity index (χ0n) is 7.20. The first-order valence-corrected chi connectivity index (χ1v) is 4.14. The Balaban J connectivity index is 2.74. The van der Waals surface area contributed by atoms with Gasteiger partial charge >= 0.3 is 0 Å². The van der Waals surface area contributed by atoms with E-state index < -0.39 is 0 Å². The van der Waals surface area contributed by atoms with Gasteiger partial charge in [0.2, 0.25) is 11.3 Å². The molecule has 1 aromatic rings. The van der Waals surface area contributed by atoms with Crippen molar-refractivity contribution in [3.05, 3.63) is 40.1 Å². The third-order valence-corrected chi connectivity index (χ3v) is 2.28. The summed E-state index contributed by atoms with van der Waals surface area (Å²) < 4.78 is 0. The molecule has 1 amide bonds. The van der Waals surface area contributed by atoms with Gasteiger partial charge in [-0.15, -0.1) is 0 Å². The highest BCUT2D eigenvalue weighted by Crippen LogP contribution is 2.27. The van der Waals surface area contributed by atoms with Crippen LogP contribution in [0.25, 0.3) is 0 Å². The van der Waals surface area contributed by atoms with E-state index in [-0.39, 0.29) is 17.3 Å². The molecule has 1 aromatic carbocycles. The monoisotopic (exact) mass is 175 g/mol. The minimum absolute atomic E-state index is 0.0988. The molecule has 1 aliphatic heterocycles. The van der Waals surface area contributed by atoms with Crippen LogP contribution >= 0.6 is 0 Å². The van der Waals surface area contributed by atoms with Gasteiger partial charge in [-0.25, -0.2) is 0 Å². The summed E-state index contributed by atoms with van der Waals surface area (Å²) in [5.74, 6) is -0.312. The van der Waals surface area contributed by atoms with E-state index >= 15 is 0 Å². The van der Waals surface area contributed by atoms with E-state index in [1.807, 2.05) is 0 Å². The second-order valence-corrected chi connectivity index (χ2v) is 3.12. The fraction of sp³-hybridized carbons (Fsp3) is 0.200. The first-order chi connectivity index (χ1) is 6.20. The molecule has 1 atom stereocenters. The van der Waals surface area contributed by atoms with Crippen LogP contribution in [0.2, 0.25) is 0 Å². The van der Waals surface area contributed by atoms with Crippen LogP contribution in [0.4, 0.5) is 5.69 Å².